The van der Waals surface area contributed by atoms with Crippen LogP contribution in [0.25, 0.3) is 0 Å². The summed E-state index contributed by atoms with van der Waals surface area (Å²) < 4.78 is 40.7. The molecule has 1 N–H and O–H groups in total. The third-order valence-electron chi connectivity index (χ3n) is 4.91. The zero-order chi connectivity index (χ0) is 21.3. The van der Waals surface area contributed by atoms with Crippen LogP contribution in [0.15, 0.2) is 70.5 Å². The van der Waals surface area contributed by atoms with Gasteiger partial charge in [-0.25, -0.2) is 0 Å². The van der Waals surface area contributed by atoms with Gasteiger partial charge in [-0.05, 0) is 50.1 Å². The van der Waals surface area contributed by atoms with Gasteiger partial charge in [0.15, 0.2) is 5.69 Å². The lowest BCUT2D eigenvalue weighted by atomic mass is 10.2. The normalized spacial score (nSPS) is 15.1. The van der Waals surface area contributed by atoms with Crippen LogP contribution >= 0.6 is 11.8 Å². The monoisotopic (exact) mass is 431 g/mol. The molecule has 0 radical (unpaired) electrons. The molecule has 4 nitrogen and oxygen atoms in total. The van der Waals surface area contributed by atoms with E-state index < -0.39 is 23.8 Å². The molecule has 1 aliphatic rings. The Labute approximate surface area is 176 Å². The van der Waals surface area contributed by atoms with Crippen molar-refractivity contribution in [2.24, 2.45) is 0 Å². The molecule has 2 aromatic carbocycles. The van der Waals surface area contributed by atoms with E-state index in [9.17, 15) is 18.0 Å². The molecule has 0 bridgehead atoms. The number of para-hydroxylation sites is 1. The van der Waals surface area contributed by atoms with Crippen molar-refractivity contribution in [2.75, 3.05) is 5.32 Å². The molecule has 1 aromatic heterocycles. The summed E-state index contributed by atoms with van der Waals surface area (Å²) in [5.74, 6) is -0.375. The van der Waals surface area contributed by atoms with Crippen LogP contribution in [-0.4, -0.2) is 15.7 Å². The van der Waals surface area contributed by atoms with Crippen molar-refractivity contribution in [3.63, 3.8) is 0 Å². The summed E-state index contributed by atoms with van der Waals surface area (Å²) in [6, 6.07) is 17.3. The highest BCUT2D eigenvalue weighted by atomic mass is 32.2. The number of anilines is 1. The SMILES string of the molecule is CC(C(=O)Nc1ccccc1Sc1ccccc1)n1nc(C(F)(F)F)cc1C1CC1. The Morgan fingerprint density at radius 2 is 1.80 bits per heavy atom. The van der Waals surface area contributed by atoms with E-state index in [4.69, 9.17) is 0 Å². The fourth-order valence-corrected chi connectivity index (χ4v) is 4.09. The summed E-state index contributed by atoms with van der Waals surface area (Å²) in [7, 11) is 0. The standard InChI is InChI=1S/C22H20F3N3OS/c1-14(28-18(15-11-12-15)13-20(27-28)22(23,24)25)21(29)26-17-9-5-6-10-19(17)30-16-7-3-2-4-8-16/h2-10,13-15H,11-12H2,1H3,(H,26,29). The van der Waals surface area contributed by atoms with E-state index in [-0.39, 0.29) is 5.92 Å². The Hall–Kier alpha value is -2.74. The molecule has 1 fully saturated rings. The minimum absolute atomic E-state index is 0.0322. The van der Waals surface area contributed by atoms with E-state index in [0.29, 0.717) is 11.4 Å². The summed E-state index contributed by atoms with van der Waals surface area (Å²) in [5, 5.41) is 6.58. The van der Waals surface area contributed by atoms with Gasteiger partial charge in [-0.3, -0.25) is 9.48 Å². The molecular formula is C22H20F3N3OS. The lowest BCUT2D eigenvalue weighted by Gasteiger charge is -2.17. The zero-order valence-electron chi connectivity index (χ0n) is 16.2. The fraction of sp³-hybridized carbons (Fsp3) is 0.273. The van der Waals surface area contributed by atoms with Crippen LogP contribution in [0.5, 0.6) is 0 Å². The molecule has 1 heterocycles. The van der Waals surface area contributed by atoms with Crippen LogP contribution in [-0.2, 0) is 11.0 Å². The third kappa shape index (κ3) is 4.53. The number of aromatic nitrogens is 2. The van der Waals surface area contributed by atoms with Gasteiger partial charge < -0.3 is 5.32 Å². The van der Waals surface area contributed by atoms with Gasteiger partial charge in [0.1, 0.15) is 6.04 Å². The Morgan fingerprint density at radius 3 is 2.47 bits per heavy atom. The number of amides is 1. The first-order chi connectivity index (χ1) is 14.3. The lowest BCUT2D eigenvalue weighted by molar-refractivity contribution is -0.141. The molecule has 0 aliphatic heterocycles. The number of rotatable bonds is 6. The van der Waals surface area contributed by atoms with Crippen molar-refractivity contribution in [1.29, 1.82) is 0 Å². The number of carbonyl (C=O) groups is 1. The summed E-state index contributed by atoms with van der Waals surface area (Å²) in [6.45, 7) is 1.57. The zero-order valence-corrected chi connectivity index (χ0v) is 17.0. The number of halogens is 3. The molecule has 1 amide bonds. The van der Waals surface area contributed by atoms with Gasteiger partial charge in [-0.2, -0.15) is 18.3 Å². The molecule has 0 saturated heterocycles. The Bertz CT molecular complexity index is 1050. The van der Waals surface area contributed by atoms with Gasteiger partial charge in [0.25, 0.3) is 0 Å². The largest absolute Gasteiger partial charge is 0.435 e. The van der Waals surface area contributed by atoms with Gasteiger partial charge >= 0.3 is 6.18 Å². The molecule has 1 unspecified atom stereocenters. The molecular weight excluding hydrogens is 411 g/mol. The number of nitrogens with one attached hydrogen (secondary N) is 1. The third-order valence-corrected chi connectivity index (χ3v) is 6.00. The summed E-state index contributed by atoms with van der Waals surface area (Å²) in [6.07, 6.45) is -2.91. The van der Waals surface area contributed by atoms with E-state index in [1.807, 2.05) is 42.5 Å². The van der Waals surface area contributed by atoms with Crippen LogP contribution in [0.4, 0.5) is 18.9 Å². The lowest BCUT2D eigenvalue weighted by Crippen LogP contribution is -2.26. The minimum atomic E-state index is -4.54. The smallest absolute Gasteiger partial charge is 0.323 e. The first-order valence-electron chi connectivity index (χ1n) is 9.62. The molecule has 156 valence electrons. The molecule has 1 aliphatic carbocycles. The fourth-order valence-electron chi connectivity index (χ4n) is 3.16. The predicted octanol–water partition coefficient (Wildman–Crippen LogP) is 6.13. The molecule has 4 rings (SSSR count). The maximum atomic E-state index is 13.2. The Kier molecular flexibility index (Phi) is 5.60. The van der Waals surface area contributed by atoms with Crippen molar-refractivity contribution in [2.45, 2.75) is 47.7 Å². The van der Waals surface area contributed by atoms with Crippen LogP contribution in [0, 0.1) is 0 Å². The van der Waals surface area contributed by atoms with E-state index >= 15 is 0 Å². The van der Waals surface area contributed by atoms with E-state index in [0.717, 1.165) is 28.7 Å². The number of benzene rings is 2. The second-order valence-corrected chi connectivity index (χ2v) is 8.36. The van der Waals surface area contributed by atoms with Crippen molar-refractivity contribution in [3.05, 3.63) is 72.1 Å². The predicted molar refractivity (Wildman–Crippen MR) is 110 cm³/mol. The van der Waals surface area contributed by atoms with Gasteiger partial charge in [-0.1, -0.05) is 42.1 Å². The second kappa shape index (κ2) is 8.18. The second-order valence-electron chi connectivity index (χ2n) is 7.25. The van der Waals surface area contributed by atoms with Gasteiger partial charge in [0.05, 0.1) is 5.69 Å². The number of hydrogen-bond donors (Lipinski definition) is 1. The van der Waals surface area contributed by atoms with Crippen molar-refractivity contribution >= 4 is 23.4 Å². The number of nitrogens with zero attached hydrogens (tertiary/aromatic N) is 2. The molecule has 30 heavy (non-hydrogen) atoms. The molecule has 3 aromatic rings. The van der Waals surface area contributed by atoms with E-state index in [2.05, 4.69) is 10.4 Å². The van der Waals surface area contributed by atoms with Gasteiger partial charge in [0, 0.05) is 21.4 Å². The molecule has 1 atom stereocenters. The number of alkyl halides is 3. The highest BCUT2D eigenvalue weighted by Gasteiger charge is 2.39. The van der Waals surface area contributed by atoms with Crippen LogP contribution in [0.2, 0.25) is 0 Å². The van der Waals surface area contributed by atoms with Gasteiger partial charge in [-0.15, -0.1) is 0 Å². The maximum Gasteiger partial charge on any atom is 0.435 e. The first kappa shape index (κ1) is 20.5. The highest BCUT2D eigenvalue weighted by molar-refractivity contribution is 7.99. The summed E-state index contributed by atoms with van der Waals surface area (Å²) in [5.41, 5.74) is 0.125. The van der Waals surface area contributed by atoms with Crippen molar-refractivity contribution in [3.8, 4) is 0 Å². The summed E-state index contributed by atoms with van der Waals surface area (Å²) >= 11 is 1.50. The van der Waals surface area contributed by atoms with Crippen molar-refractivity contribution < 1.29 is 18.0 Å². The van der Waals surface area contributed by atoms with Crippen molar-refractivity contribution in [1.82, 2.24) is 9.78 Å². The molecule has 8 heteroatoms. The Morgan fingerprint density at radius 1 is 1.13 bits per heavy atom. The van der Waals surface area contributed by atoms with Crippen LogP contribution in [0.1, 0.15) is 43.1 Å². The quantitative estimate of drug-likeness (QED) is 0.511. The summed E-state index contributed by atoms with van der Waals surface area (Å²) in [4.78, 5) is 14.8. The van der Waals surface area contributed by atoms with E-state index in [1.165, 1.54) is 16.4 Å². The molecule has 0 spiro atoms. The topological polar surface area (TPSA) is 46.9 Å². The van der Waals surface area contributed by atoms with Crippen LogP contribution < -0.4 is 5.32 Å². The highest BCUT2D eigenvalue weighted by Crippen LogP contribution is 2.43. The number of hydrogen-bond acceptors (Lipinski definition) is 3. The maximum absolute atomic E-state index is 13.2. The Balaban J connectivity index is 1.56. The average Bonchev–Trinajstić information content (AvgIpc) is 3.46. The first-order valence-corrected chi connectivity index (χ1v) is 10.4. The number of carbonyl (C=O) groups excluding carboxylic acids is 1. The minimum Gasteiger partial charge on any atom is -0.323 e. The van der Waals surface area contributed by atoms with E-state index in [1.54, 1.807) is 19.1 Å². The average molecular weight is 431 g/mol. The van der Waals surface area contributed by atoms with Gasteiger partial charge in [0.2, 0.25) is 5.91 Å². The molecule has 1 saturated carbocycles. The van der Waals surface area contributed by atoms with Crippen LogP contribution in [0.3, 0.4) is 0 Å².